The highest BCUT2D eigenvalue weighted by molar-refractivity contribution is 7.89. The number of amidine groups is 1. The zero-order chi connectivity index (χ0) is 24.9. The third kappa shape index (κ3) is 6.00. The molecule has 1 atom stereocenters. The normalized spacial score (nSPS) is 12.1. The van der Waals surface area contributed by atoms with Crippen molar-refractivity contribution in [1.82, 2.24) is 4.90 Å². The molecule has 0 aliphatic rings. The van der Waals surface area contributed by atoms with E-state index in [1.54, 1.807) is 65.6 Å². The SMILES string of the molecule is CCC(C)N(Cc1cccc(C(=N)N)c1)C(=O)Oc1ccc(-c2ccccc2S(N)(=O)=O)cc1. The largest absolute Gasteiger partial charge is 0.415 e. The summed E-state index contributed by atoms with van der Waals surface area (Å²) in [6.07, 6.45) is 0.213. The van der Waals surface area contributed by atoms with Crippen LogP contribution in [-0.4, -0.2) is 31.3 Å². The number of carbonyl (C=O) groups excluding carboxylic acids is 1. The first-order valence-corrected chi connectivity index (χ1v) is 12.3. The number of rotatable bonds is 8. The van der Waals surface area contributed by atoms with Crippen LogP contribution >= 0.6 is 0 Å². The Bertz CT molecular complexity index is 1290. The lowest BCUT2D eigenvalue weighted by Crippen LogP contribution is -2.39. The molecule has 3 aromatic carbocycles. The van der Waals surface area contributed by atoms with Gasteiger partial charge in [-0.2, -0.15) is 0 Å². The van der Waals surface area contributed by atoms with Gasteiger partial charge in [-0.25, -0.2) is 18.4 Å². The van der Waals surface area contributed by atoms with Gasteiger partial charge in [-0.15, -0.1) is 0 Å². The second kappa shape index (κ2) is 10.5. The second-order valence-electron chi connectivity index (χ2n) is 7.93. The molecule has 1 amide bonds. The quantitative estimate of drug-likeness (QED) is 0.329. The van der Waals surface area contributed by atoms with E-state index in [2.05, 4.69) is 0 Å². The summed E-state index contributed by atoms with van der Waals surface area (Å²) in [5.41, 5.74) is 8.10. The number of carbonyl (C=O) groups is 1. The number of sulfonamides is 1. The van der Waals surface area contributed by atoms with Gasteiger partial charge in [0.15, 0.2) is 0 Å². The Labute approximate surface area is 199 Å². The van der Waals surface area contributed by atoms with E-state index in [4.69, 9.17) is 21.0 Å². The number of amides is 1. The average molecular weight is 481 g/mol. The predicted molar refractivity (Wildman–Crippen MR) is 132 cm³/mol. The van der Waals surface area contributed by atoms with Crippen molar-refractivity contribution in [3.8, 4) is 16.9 Å². The Kier molecular flexibility index (Phi) is 7.70. The molecule has 1 unspecified atom stereocenters. The van der Waals surface area contributed by atoms with E-state index in [0.717, 1.165) is 12.0 Å². The van der Waals surface area contributed by atoms with Gasteiger partial charge in [-0.1, -0.05) is 55.5 Å². The third-order valence-electron chi connectivity index (χ3n) is 5.51. The number of nitrogens with zero attached hydrogens (tertiary/aromatic N) is 1. The van der Waals surface area contributed by atoms with E-state index >= 15 is 0 Å². The van der Waals surface area contributed by atoms with Crippen LogP contribution in [-0.2, 0) is 16.6 Å². The van der Waals surface area contributed by atoms with Gasteiger partial charge in [-0.05, 0) is 48.7 Å². The molecule has 9 heteroatoms. The van der Waals surface area contributed by atoms with E-state index in [-0.39, 0.29) is 16.8 Å². The van der Waals surface area contributed by atoms with Gasteiger partial charge in [-0.3, -0.25) is 5.41 Å². The van der Waals surface area contributed by atoms with E-state index in [9.17, 15) is 13.2 Å². The molecule has 0 radical (unpaired) electrons. The molecule has 5 N–H and O–H groups in total. The lowest BCUT2D eigenvalue weighted by atomic mass is 10.1. The van der Waals surface area contributed by atoms with Gasteiger partial charge in [0.2, 0.25) is 10.0 Å². The summed E-state index contributed by atoms with van der Waals surface area (Å²) in [5, 5.41) is 13.0. The van der Waals surface area contributed by atoms with Crippen molar-refractivity contribution in [2.45, 2.75) is 37.8 Å². The second-order valence-corrected chi connectivity index (χ2v) is 9.46. The zero-order valence-corrected chi connectivity index (χ0v) is 19.9. The first-order chi connectivity index (χ1) is 16.1. The van der Waals surface area contributed by atoms with Gasteiger partial charge < -0.3 is 15.4 Å². The average Bonchev–Trinajstić information content (AvgIpc) is 2.82. The number of nitrogens with two attached hydrogens (primary N) is 2. The summed E-state index contributed by atoms with van der Waals surface area (Å²) >= 11 is 0. The van der Waals surface area contributed by atoms with Crippen LogP contribution in [0.2, 0.25) is 0 Å². The van der Waals surface area contributed by atoms with E-state index in [1.165, 1.54) is 6.07 Å². The molecule has 3 aromatic rings. The van der Waals surface area contributed by atoms with Crippen LogP contribution < -0.4 is 15.6 Å². The lowest BCUT2D eigenvalue weighted by molar-refractivity contribution is 0.130. The van der Waals surface area contributed by atoms with Crippen LogP contribution in [0.3, 0.4) is 0 Å². The van der Waals surface area contributed by atoms with Crippen LogP contribution in [0.25, 0.3) is 11.1 Å². The van der Waals surface area contributed by atoms with E-state index < -0.39 is 16.1 Å². The van der Waals surface area contributed by atoms with Gasteiger partial charge >= 0.3 is 6.09 Å². The smallest absolute Gasteiger partial charge is 0.410 e. The fraction of sp³-hybridized carbons (Fsp3) is 0.200. The molecule has 0 spiro atoms. The highest BCUT2D eigenvalue weighted by atomic mass is 32.2. The maximum atomic E-state index is 13.0. The molecule has 0 fully saturated rings. The minimum atomic E-state index is -3.89. The first kappa shape index (κ1) is 24.9. The van der Waals surface area contributed by atoms with Gasteiger partial charge in [0.25, 0.3) is 0 Å². The summed E-state index contributed by atoms with van der Waals surface area (Å²) in [6.45, 7) is 4.22. The molecular weight excluding hydrogens is 452 g/mol. The maximum absolute atomic E-state index is 13.0. The first-order valence-electron chi connectivity index (χ1n) is 10.7. The third-order valence-corrected chi connectivity index (χ3v) is 6.48. The van der Waals surface area contributed by atoms with Crippen molar-refractivity contribution >= 4 is 22.0 Å². The van der Waals surface area contributed by atoms with E-state index in [0.29, 0.717) is 29.0 Å². The maximum Gasteiger partial charge on any atom is 0.415 e. The fourth-order valence-electron chi connectivity index (χ4n) is 3.47. The molecule has 34 heavy (non-hydrogen) atoms. The predicted octanol–water partition coefficient (Wildman–Crippen LogP) is 4.08. The number of benzene rings is 3. The van der Waals surface area contributed by atoms with Crippen molar-refractivity contribution in [1.29, 1.82) is 5.41 Å². The highest BCUT2D eigenvalue weighted by Crippen LogP contribution is 2.28. The van der Waals surface area contributed by atoms with E-state index in [1.807, 2.05) is 19.9 Å². The van der Waals surface area contributed by atoms with Crippen molar-refractivity contribution in [3.63, 3.8) is 0 Å². The molecule has 0 saturated heterocycles. The molecule has 3 rings (SSSR count). The molecule has 0 bridgehead atoms. The van der Waals surface area contributed by atoms with Crippen LogP contribution in [0.4, 0.5) is 4.79 Å². The van der Waals surface area contributed by atoms with Crippen LogP contribution in [0.5, 0.6) is 5.75 Å². The number of hydrogen-bond acceptors (Lipinski definition) is 5. The van der Waals surface area contributed by atoms with Crippen molar-refractivity contribution in [2.75, 3.05) is 0 Å². The summed E-state index contributed by atoms with van der Waals surface area (Å²) in [6, 6.07) is 20.1. The summed E-state index contributed by atoms with van der Waals surface area (Å²) < 4.78 is 29.4. The summed E-state index contributed by atoms with van der Waals surface area (Å²) in [4.78, 5) is 14.7. The molecule has 178 valence electrons. The number of nitrogen functional groups attached to an aromatic ring is 1. The van der Waals surface area contributed by atoms with Crippen LogP contribution in [0, 0.1) is 5.41 Å². The minimum absolute atomic E-state index is 0.0236. The molecule has 0 saturated carbocycles. The Balaban J connectivity index is 1.80. The van der Waals surface area contributed by atoms with Crippen molar-refractivity contribution in [2.24, 2.45) is 10.9 Å². The molecule has 0 heterocycles. The molecule has 0 aliphatic heterocycles. The summed E-state index contributed by atoms with van der Waals surface area (Å²) in [5.74, 6) is 0.288. The lowest BCUT2D eigenvalue weighted by Gasteiger charge is -2.28. The Hall–Kier alpha value is -3.69. The highest BCUT2D eigenvalue weighted by Gasteiger charge is 2.22. The van der Waals surface area contributed by atoms with Gasteiger partial charge in [0.05, 0.1) is 4.90 Å². The topological polar surface area (TPSA) is 140 Å². The van der Waals surface area contributed by atoms with Crippen LogP contribution in [0.1, 0.15) is 31.4 Å². The molecule has 8 nitrogen and oxygen atoms in total. The minimum Gasteiger partial charge on any atom is -0.410 e. The summed E-state index contributed by atoms with van der Waals surface area (Å²) in [7, 11) is -3.89. The molecule has 0 aromatic heterocycles. The van der Waals surface area contributed by atoms with Crippen LogP contribution in [0.15, 0.2) is 77.7 Å². The van der Waals surface area contributed by atoms with Crippen molar-refractivity contribution < 1.29 is 17.9 Å². The number of hydrogen-bond donors (Lipinski definition) is 3. The number of ether oxygens (including phenoxy) is 1. The van der Waals surface area contributed by atoms with Gasteiger partial charge in [0, 0.05) is 23.7 Å². The zero-order valence-electron chi connectivity index (χ0n) is 19.1. The molecular formula is C25H28N4O4S. The molecule has 0 aliphatic carbocycles. The number of nitrogens with one attached hydrogen (secondary N) is 1. The standard InChI is InChI=1S/C25H28N4O4S/c1-3-17(2)29(16-18-7-6-8-20(15-18)24(26)27)25(30)33-21-13-11-19(12-14-21)22-9-4-5-10-23(22)34(28,31)32/h4-15,17H,3,16H2,1-2H3,(H3,26,27)(H2,28,31,32). The fourth-order valence-corrected chi connectivity index (χ4v) is 4.23. The Morgan fingerprint density at radius 1 is 1.06 bits per heavy atom. The van der Waals surface area contributed by atoms with Gasteiger partial charge in [0.1, 0.15) is 11.6 Å². The Morgan fingerprint density at radius 2 is 1.74 bits per heavy atom. The van der Waals surface area contributed by atoms with Crippen molar-refractivity contribution in [3.05, 3.63) is 83.9 Å². The Morgan fingerprint density at radius 3 is 2.35 bits per heavy atom. The monoisotopic (exact) mass is 480 g/mol. The number of primary sulfonamides is 1.